The molecule has 2 heterocycles. The second kappa shape index (κ2) is 5.16. The fraction of sp³-hybridized carbons (Fsp3) is 0. The number of thiophene rings is 1. The zero-order chi connectivity index (χ0) is 13.1. The molecule has 5 nitrogen and oxygen atoms in total. The maximum Gasteiger partial charge on any atom is 0.338 e. The molecular weight excluding hydrogens is 276 g/mol. The van der Waals surface area contributed by atoms with Gasteiger partial charge in [0.2, 0.25) is 0 Å². The highest BCUT2D eigenvalue weighted by molar-refractivity contribution is 7.14. The number of hydrogen-bond donors (Lipinski definition) is 2. The van der Waals surface area contributed by atoms with E-state index < -0.39 is 11.9 Å². The minimum atomic E-state index is -1.09. The van der Waals surface area contributed by atoms with E-state index in [0.29, 0.717) is 0 Å². The van der Waals surface area contributed by atoms with E-state index in [-0.39, 0.29) is 21.2 Å². The molecule has 0 saturated heterocycles. The molecule has 2 N–H and O–H groups in total. The van der Waals surface area contributed by atoms with Gasteiger partial charge in [0.25, 0.3) is 5.91 Å². The summed E-state index contributed by atoms with van der Waals surface area (Å²) in [6.45, 7) is 0. The van der Waals surface area contributed by atoms with Crippen LogP contribution in [0.5, 0.6) is 0 Å². The molecule has 2 aromatic heterocycles. The number of amides is 1. The number of rotatable bonds is 3. The lowest BCUT2D eigenvalue weighted by Gasteiger charge is -2.05. The zero-order valence-electron chi connectivity index (χ0n) is 8.88. The van der Waals surface area contributed by atoms with Crippen LogP contribution >= 0.6 is 22.9 Å². The molecular formula is C11H7ClN2O3S. The molecule has 0 unspecified atom stereocenters. The molecule has 0 aliphatic rings. The van der Waals surface area contributed by atoms with E-state index in [0.717, 1.165) is 11.3 Å². The Hall–Kier alpha value is -1.92. The molecule has 0 aliphatic carbocycles. The van der Waals surface area contributed by atoms with Gasteiger partial charge in [0, 0.05) is 12.4 Å². The van der Waals surface area contributed by atoms with Crippen molar-refractivity contribution in [2.75, 3.05) is 5.32 Å². The molecule has 0 aliphatic heterocycles. The normalized spacial score (nSPS) is 10.1. The van der Waals surface area contributed by atoms with Gasteiger partial charge in [-0.1, -0.05) is 11.6 Å². The molecule has 0 aromatic carbocycles. The lowest BCUT2D eigenvalue weighted by atomic mass is 10.2. The van der Waals surface area contributed by atoms with Crippen LogP contribution in [0.25, 0.3) is 0 Å². The topological polar surface area (TPSA) is 79.3 Å². The largest absolute Gasteiger partial charge is 0.478 e. The summed E-state index contributed by atoms with van der Waals surface area (Å²) in [5, 5.41) is 13.5. The first-order valence-corrected chi connectivity index (χ1v) is 6.07. The second-order valence-corrected chi connectivity index (χ2v) is 4.60. The maximum absolute atomic E-state index is 11.9. The number of halogens is 1. The van der Waals surface area contributed by atoms with Gasteiger partial charge in [0.1, 0.15) is 5.00 Å². The number of hydrogen-bond acceptors (Lipinski definition) is 4. The van der Waals surface area contributed by atoms with Crippen molar-refractivity contribution < 1.29 is 14.7 Å². The number of aromatic nitrogens is 1. The highest BCUT2D eigenvalue weighted by Gasteiger charge is 2.16. The number of aromatic carboxylic acids is 1. The average Bonchev–Trinajstić information content (AvgIpc) is 2.77. The van der Waals surface area contributed by atoms with Crippen molar-refractivity contribution in [3.63, 3.8) is 0 Å². The van der Waals surface area contributed by atoms with Crippen LogP contribution < -0.4 is 5.32 Å². The van der Waals surface area contributed by atoms with Crippen molar-refractivity contribution in [2.45, 2.75) is 0 Å². The van der Waals surface area contributed by atoms with Gasteiger partial charge < -0.3 is 10.4 Å². The number of carboxylic acid groups (broad SMARTS) is 1. The van der Waals surface area contributed by atoms with E-state index in [9.17, 15) is 9.59 Å². The Kier molecular flexibility index (Phi) is 3.59. The third-order valence-electron chi connectivity index (χ3n) is 2.14. The first kappa shape index (κ1) is 12.5. The Morgan fingerprint density at radius 1 is 1.33 bits per heavy atom. The highest BCUT2D eigenvalue weighted by Crippen LogP contribution is 2.24. The Morgan fingerprint density at radius 3 is 2.78 bits per heavy atom. The molecule has 7 heteroatoms. The molecule has 92 valence electrons. The molecule has 0 saturated carbocycles. The summed E-state index contributed by atoms with van der Waals surface area (Å²) in [7, 11) is 0. The summed E-state index contributed by atoms with van der Waals surface area (Å²) in [6, 6.07) is 2.91. The van der Waals surface area contributed by atoms with Crippen molar-refractivity contribution in [2.24, 2.45) is 0 Å². The number of nitrogens with one attached hydrogen (secondary N) is 1. The van der Waals surface area contributed by atoms with Crippen LogP contribution in [-0.2, 0) is 0 Å². The Labute approximate surface area is 111 Å². The van der Waals surface area contributed by atoms with Gasteiger partial charge >= 0.3 is 5.97 Å². The van der Waals surface area contributed by atoms with E-state index >= 15 is 0 Å². The summed E-state index contributed by atoms with van der Waals surface area (Å²) in [5.74, 6) is -1.58. The molecule has 0 atom stereocenters. The number of carbonyl (C=O) groups excluding carboxylic acids is 1. The van der Waals surface area contributed by atoms with E-state index in [1.165, 1.54) is 24.5 Å². The molecule has 0 fully saturated rings. The standard InChI is InChI=1S/C11H7ClN2O3S/c12-8-1-3-13-5-7(8)9(15)14-10-6(11(16)17)2-4-18-10/h1-5H,(H,14,15)(H,16,17). The third kappa shape index (κ3) is 2.49. The lowest BCUT2D eigenvalue weighted by molar-refractivity contribution is 0.0698. The number of nitrogens with zero attached hydrogens (tertiary/aromatic N) is 1. The molecule has 0 bridgehead atoms. The molecule has 1 amide bonds. The van der Waals surface area contributed by atoms with Crippen molar-refractivity contribution in [3.05, 3.63) is 46.1 Å². The van der Waals surface area contributed by atoms with Crippen molar-refractivity contribution >= 4 is 39.8 Å². The monoisotopic (exact) mass is 282 g/mol. The van der Waals surface area contributed by atoms with Crippen LogP contribution in [0.1, 0.15) is 20.7 Å². The molecule has 0 spiro atoms. The van der Waals surface area contributed by atoms with Crippen LogP contribution in [0, 0.1) is 0 Å². The van der Waals surface area contributed by atoms with E-state index in [4.69, 9.17) is 16.7 Å². The predicted molar refractivity (Wildman–Crippen MR) is 68.5 cm³/mol. The smallest absolute Gasteiger partial charge is 0.338 e. The lowest BCUT2D eigenvalue weighted by Crippen LogP contribution is -2.13. The molecule has 2 rings (SSSR count). The van der Waals surface area contributed by atoms with Crippen LogP contribution in [0.2, 0.25) is 5.02 Å². The molecule has 0 radical (unpaired) electrons. The summed E-state index contributed by atoms with van der Waals surface area (Å²) >= 11 is 6.98. The summed E-state index contributed by atoms with van der Waals surface area (Å²) in [4.78, 5) is 26.6. The fourth-order valence-corrected chi connectivity index (χ4v) is 2.25. The van der Waals surface area contributed by atoms with Crippen LogP contribution in [0.4, 0.5) is 5.00 Å². The fourth-order valence-electron chi connectivity index (χ4n) is 1.29. The number of anilines is 1. The minimum absolute atomic E-state index is 0.0494. The van der Waals surface area contributed by atoms with Gasteiger partial charge in [0.05, 0.1) is 16.1 Å². The van der Waals surface area contributed by atoms with Crippen molar-refractivity contribution in [1.29, 1.82) is 0 Å². The summed E-state index contributed by atoms with van der Waals surface area (Å²) < 4.78 is 0. The molecule has 2 aromatic rings. The maximum atomic E-state index is 11.9. The zero-order valence-corrected chi connectivity index (χ0v) is 10.5. The quantitative estimate of drug-likeness (QED) is 0.907. The first-order valence-electron chi connectivity index (χ1n) is 4.81. The van der Waals surface area contributed by atoms with Crippen LogP contribution in [-0.4, -0.2) is 22.0 Å². The van der Waals surface area contributed by atoms with E-state index in [1.807, 2.05) is 0 Å². The van der Waals surface area contributed by atoms with Crippen molar-refractivity contribution in [3.8, 4) is 0 Å². The van der Waals surface area contributed by atoms with Gasteiger partial charge in [-0.2, -0.15) is 0 Å². The minimum Gasteiger partial charge on any atom is -0.478 e. The first-order chi connectivity index (χ1) is 8.59. The van der Waals surface area contributed by atoms with Gasteiger partial charge in [-0.25, -0.2) is 4.79 Å². The predicted octanol–water partition coefficient (Wildman–Crippen LogP) is 2.75. The highest BCUT2D eigenvalue weighted by atomic mass is 35.5. The van der Waals surface area contributed by atoms with Gasteiger partial charge in [-0.3, -0.25) is 9.78 Å². The summed E-state index contributed by atoms with van der Waals surface area (Å²) in [6.07, 6.45) is 2.79. The molecule has 18 heavy (non-hydrogen) atoms. The third-order valence-corrected chi connectivity index (χ3v) is 3.29. The van der Waals surface area contributed by atoms with Crippen LogP contribution in [0.15, 0.2) is 29.9 Å². The second-order valence-electron chi connectivity index (χ2n) is 3.28. The Morgan fingerprint density at radius 2 is 2.11 bits per heavy atom. The number of carboxylic acids is 1. The van der Waals surface area contributed by atoms with Crippen molar-refractivity contribution in [1.82, 2.24) is 4.98 Å². The van der Waals surface area contributed by atoms with E-state index in [1.54, 1.807) is 5.38 Å². The van der Waals surface area contributed by atoms with Gasteiger partial charge in [0.15, 0.2) is 0 Å². The summed E-state index contributed by atoms with van der Waals surface area (Å²) in [5.41, 5.74) is 0.247. The average molecular weight is 283 g/mol. The number of carbonyl (C=O) groups is 2. The van der Waals surface area contributed by atoms with Gasteiger partial charge in [-0.05, 0) is 17.5 Å². The van der Waals surface area contributed by atoms with Crippen LogP contribution in [0.3, 0.4) is 0 Å². The van der Waals surface area contributed by atoms with E-state index in [2.05, 4.69) is 10.3 Å². The Balaban J connectivity index is 2.25. The van der Waals surface area contributed by atoms with Gasteiger partial charge in [-0.15, -0.1) is 11.3 Å². The Bertz CT molecular complexity index is 612. The SMILES string of the molecule is O=C(Nc1sccc1C(=O)O)c1cnccc1Cl. The number of pyridine rings is 1.